The first-order chi connectivity index (χ1) is 13.3. The zero-order valence-corrected chi connectivity index (χ0v) is 16.2. The molecule has 148 valence electrons. The lowest BCUT2D eigenvalue weighted by Gasteiger charge is -2.47. The lowest BCUT2D eigenvalue weighted by molar-refractivity contribution is -0.385. The molecule has 3 rings (SSSR count). The highest BCUT2D eigenvalue weighted by Gasteiger charge is 2.49. The highest BCUT2D eigenvalue weighted by molar-refractivity contribution is 7.89. The molecule has 2 aromatic rings. The van der Waals surface area contributed by atoms with Crippen molar-refractivity contribution in [3.8, 4) is 22.9 Å². The number of methoxy groups -OCH3 is 1. The van der Waals surface area contributed by atoms with E-state index in [1.807, 2.05) is 0 Å². The predicted molar refractivity (Wildman–Crippen MR) is 100 cm³/mol. The SMILES string of the molecule is CCS(=O)(=O)N1CC(CC#N)(n2cc(-c3cccc([N+](=O)[O-])c3OC)cn2)C1. The Kier molecular flexibility index (Phi) is 5.10. The summed E-state index contributed by atoms with van der Waals surface area (Å²) in [5, 5.41) is 24.8. The van der Waals surface area contributed by atoms with E-state index in [1.165, 1.54) is 23.7 Å². The van der Waals surface area contributed by atoms with Crippen LogP contribution < -0.4 is 4.74 Å². The second-order valence-electron chi connectivity index (χ2n) is 6.52. The molecule has 0 amide bonds. The maximum atomic E-state index is 12.0. The van der Waals surface area contributed by atoms with Gasteiger partial charge in [0.05, 0.1) is 36.5 Å². The smallest absolute Gasteiger partial charge is 0.311 e. The number of ether oxygens (including phenoxy) is 1. The molecule has 10 nitrogen and oxygen atoms in total. The molecule has 0 unspecified atom stereocenters. The third kappa shape index (κ3) is 3.21. The minimum atomic E-state index is -3.34. The van der Waals surface area contributed by atoms with Crippen molar-refractivity contribution in [3.05, 3.63) is 40.7 Å². The van der Waals surface area contributed by atoms with Crippen LogP contribution in [0, 0.1) is 21.4 Å². The summed E-state index contributed by atoms with van der Waals surface area (Å²) >= 11 is 0. The van der Waals surface area contributed by atoms with E-state index in [0.717, 1.165) is 0 Å². The number of sulfonamides is 1. The van der Waals surface area contributed by atoms with E-state index in [2.05, 4.69) is 11.2 Å². The number of nitro groups is 1. The molecule has 0 N–H and O–H groups in total. The molecule has 0 spiro atoms. The average Bonchev–Trinajstić information content (AvgIpc) is 3.13. The van der Waals surface area contributed by atoms with Crippen molar-refractivity contribution in [1.29, 1.82) is 5.26 Å². The van der Waals surface area contributed by atoms with Crippen molar-refractivity contribution < 1.29 is 18.1 Å². The number of hydrogen-bond donors (Lipinski definition) is 0. The summed E-state index contributed by atoms with van der Waals surface area (Å²) in [7, 11) is -1.99. The van der Waals surface area contributed by atoms with Crippen LogP contribution >= 0.6 is 0 Å². The average molecular weight is 405 g/mol. The zero-order valence-electron chi connectivity index (χ0n) is 15.4. The Morgan fingerprint density at radius 1 is 1.43 bits per heavy atom. The van der Waals surface area contributed by atoms with Gasteiger partial charge in [-0.15, -0.1) is 0 Å². The van der Waals surface area contributed by atoms with Gasteiger partial charge in [0.1, 0.15) is 5.54 Å². The molecule has 28 heavy (non-hydrogen) atoms. The third-order valence-electron chi connectivity index (χ3n) is 4.88. The fraction of sp³-hybridized carbons (Fsp3) is 0.412. The monoisotopic (exact) mass is 405 g/mol. The molecular weight excluding hydrogens is 386 g/mol. The van der Waals surface area contributed by atoms with Gasteiger partial charge in [0.25, 0.3) is 0 Å². The summed E-state index contributed by atoms with van der Waals surface area (Å²) < 4.78 is 32.2. The third-order valence-corrected chi connectivity index (χ3v) is 6.66. The molecule has 1 aromatic carbocycles. The molecule has 0 saturated carbocycles. The normalized spacial score (nSPS) is 16.2. The molecule has 0 radical (unpaired) electrons. The van der Waals surface area contributed by atoms with Gasteiger partial charge < -0.3 is 4.74 Å². The van der Waals surface area contributed by atoms with Crippen molar-refractivity contribution in [2.75, 3.05) is 26.0 Å². The second kappa shape index (κ2) is 7.21. The highest BCUT2D eigenvalue weighted by atomic mass is 32.2. The molecule has 1 fully saturated rings. The maximum absolute atomic E-state index is 12.0. The van der Waals surface area contributed by atoms with Crippen molar-refractivity contribution in [3.63, 3.8) is 0 Å². The Hall–Kier alpha value is -2.97. The van der Waals surface area contributed by atoms with E-state index in [4.69, 9.17) is 4.74 Å². The highest BCUT2D eigenvalue weighted by Crippen LogP contribution is 2.39. The van der Waals surface area contributed by atoms with Crippen LogP contribution in [0.5, 0.6) is 5.75 Å². The topological polar surface area (TPSA) is 131 Å². The summed E-state index contributed by atoms with van der Waals surface area (Å²) in [5.41, 5.74) is 0.147. The fourth-order valence-electron chi connectivity index (χ4n) is 3.31. The van der Waals surface area contributed by atoms with E-state index in [-0.39, 0.29) is 36.7 Å². The molecule has 1 aliphatic rings. The Morgan fingerprint density at radius 2 is 2.14 bits per heavy atom. The van der Waals surface area contributed by atoms with Gasteiger partial charge in [0, 0.05) is 36.5 Å². The van der Waals surface area contributed by atoms with E-state index in [9.17, 15) is 23.8 Å². The van der Waals surface area contributed by atoms with Crippen molar-refractivity contribution >= 4 is 15.7 Å². The molecular formula is C17H19N5O5S. The van der Waals surface area contributed by atoms with Crippen molar-refractivity contribution in [1.82, 2.24) is 14.1 Å². The molecule has 0 aliphatic carbocycles. The molecule has 0 atom stereocenters. The Morgan fingerprint density at radius 3 is 2.71 bits per heavy atom. The van der Waals surface area contributed by atoms with Gasteiger partial charge in [-0.05, 0) is 6.92 Å². The number of nitriles is 1. The second-order valence-corrected chi connectivity index (χ2v) is 8.77. The lowest BCUT2D eigenvalue weighted by atomic mass is 9.89. The van der Waals surface area contributed by atoms with Crippen molar-refractivity contribution in [2.24, 2.45) is 0 Å². The molecule has 1 saturated heterocycles. The molecule has 11 heteroatoms. The largest absolute Gasteiger partial charge is 0.490 e. The van der Waals surface area contributed by atoms with Crippen molar-refractivity contribution in [2.45, 2.75) is 18.9 Å². The summed E-state index contributed by atoms with van der Waals surface area (Å²) in [6, 6.07) is 6.68. The minimum absolute atomic E-state index is 0.00906. The van der Waals surface area contributed by atoms with E-state index in [0.29, 0.717) is 11.1 Å². The quantitative estimate of drug-likeness (QED) is 0.506. The Bertz CT molecular complexity index is 1050. The Labute approximate surface area is 162 Å². The summed E-state index contributed by atoms with van der Waals surface area (Å²) in [5.74, 6) is 0.107. The number of rotatable bonds is 7. The first-order valence-electron chi connectivity index (χ1n) is 8.49. The van der Waals surface area contributed by atoms with Crippen LogP contribution in [0.3, 0.4) is 0 Å². The van der Waals surface area contributed by atoms with Crippen LogP contribution in [0.4, 0.5) is 5.69 Å². The molecule has 1 aliphatic heterocycles. The van der Waals surface area contributed by atoms with Crippen LogP contribution in [0.15, 0.2) is 30.6 Å². The van der Waals surface area contributed by atoms with Gasteiger partial charge >= 0.3 is 5.69 Å². The van der Waals surface area contributed by atoms with Gasteiger partial charge in [0.15, 0.2) is 0 Å². The van der Waals surface area contributed by atoms with E-state index >= 15 is 0 Å². The van der Waals surface area contributed by atoms with Crippen LogP contribution in [0.1, 0.15) is 13.3 Å². The van der Waals surface area contributed by atoms with Gasteiger partial charge in [-0.3, -0.25) is 14.8 Å². The number of aromatic nitrogens is 2. The number of benzene rings is 1. The number of nitro benzene ring substituents is 1. The van der Waals surface area contributed by atoms with Gasteiger partial charge in [-0.25, -0.2) is 8.42 Å². The van der Waals surface area contributed by atoms with Crippen LogP contribution in [0.2, 0.25) is 0 Å². The summed E-state index contributed by atoms with van der Waals surface area (Å²) in [6.07, 6.45) is 3.28. The van der Waals surface area contributed by atoms with Crippen LogP contribution in [0.25, 0.3) is 11.1 Å². The standard InChI is InChI=1S/C17H19N5O5S/c1-3-28(25,26)20-11-17(12-20,7-8-18)21-10-13(9-19-21)14-5-4-6-15(22(23)24)16(14)27-2/h4-6,9-10H,3,7,11-12H2,1-2H3. The van der Waals surface area contributed by atoms with E-state index < -0.39 is 20.5 Å². The Balaban J connectivity index is 1.97. The number of para-hydroxylation sites is 1. The molecule has 2 heterocycles. The maximum Gasteiger partial charge on any atom is 0.311 e. The van der Waals surface area contributed by atoms with Crippen LogP contribution in [-0.4, -0.2) is 53.4 Å². The van der Waals surface area contributed by atoms with E-state index in [1.54, 1.807) is 29.9 Å². The summed E-state index contributed by atoms with van der Waals surface area (Å²) in [6.45, 7) is 1.88. The van der Waals surface area contributed by atoms with Gasteiger partial charge in [0.2, 0.25) is 15.8 Å². The minimum Gasteiger partial charge on any atom is -0.490 e. The molecule has 1 aromatic heterocycles. The summed E-state index contributed by atoms with van der Waals surface area (Å²) in [4.78, 5) is 10.7. The van der Waals surface area contributed by atoms with Gasteiger partial charge in [-0.1, -0.05) is 12.1 Å². The predicted octanol–water partition coefficient (Wildman–Crippen LogP) is 1.74. The number of hydrogen-bond acceptors (Lipinski definition) is 7. The lowest BCUT2D eigenvalue weighted by Crippen LogP contribution is -2.64. The molecule has 0 bridgehead atoms. The van der Waals surface area contributed by atoms with Crippen LogP contribution in [-0.2, 0) is 15.6 Å². The van der Waals surface area contributed by atoms with Gasteiger partial charge in [-0.2, -0.15) is 14.7 Å². The fourth-order valence-corrected chi connectivity index (χ4v) is 4.55. The first kappa shape index (κ1) is 19.8. The number of nitrogens with zero attached hydrogens (tertiary/aromatic N) is 5. The first-order valence-corrected chi connectivity index (χ1v) is 10.1. The zero-order chi connectivity index (χ0) is 20.5.